The largest absolute Gasteiger partial charge is 0.337 e. The topological polar surface area (TPSA) is 44.1 Å². The highest BCUT2D eigenvalue weighted by molar-refractivity contribution is 6.36. The van der Waals surface area contributed by atoms with Crippen molar-refractivity contribution in [2.75, 3.05) is 7.05 Å². The Balaban J connectivity index is 2.13. The zero-order valence-electron chi connectivity index (χ0n) is 11.3. The molecule has 0 unspecified atom stereocenters. The van der Waals surface area contributed by atoms with Gasteiger partial charge in [0.2, 0.25) is 0 Å². The molecular formula is C16H12Cl2N2O. The Morgan fingerprint density at radius 3 is 2.43 bits per heavy atom. The maximum absolute atomic E-state index is 12.4. The van der Waals surface area contributed by atoms with Gasteiger partial charge in [-0.3, -0.25) is 4.79 Å². The molecule has 1 amide bonds. The van der Waals surface area contributed by atoms with E-state index in [1.54, 1.807) is 42.3 Å². The molecule has 0 aliphatic heterocycles. The first-order valence-corrected chi connectivity index (χ1v) is 6.96. The Bertz CT molecular complexity index is 705. The monoisotopic (exact) mass is 318 g/mol. The molecule has 0 heterocycles. The van der Waals surface area contributed by atoms with Crippen LogP contribution in [-0.2, 0) is 6.54 Å². The summed E-state index contributed by atoms with van der Waals surface area (Å²) in [6, 6.07) is 14.0. The average Bonchev–Trinajstić information content (AvgIpc) is 2.47. The molecule has 0 aromatic heterocycles. The van der Waals surface area contributed by atoms with Crippen LogP contribution in [0.5, 0.6) is 0 Å². The Morgan fingerprint density at radius 1 is 1.19 bits per heavy atom. The molecule has 0 N–H and O–H groups in total. The van der Waals surface area contributed by atoms with Gasteiger partial charge in [-0.25, -0.2) is 0 Å². The van der Waals surface area contributed by atoms with Crippen LogP contribution in [0.15, 0.2) is 42.5 Å². The van der Waals surface area contributed by atoms with Crippen LogP contribution in [0.2, 0.25) is 10.0 Å². The van der Waals surface area contributed by atoms with Gasteiger partial charge >= 0.3 is 0 Å². The van der Waals surface area contributed by atoms with Crippen molar-refractivity contribution in [3.63, 3.8) is 0 Å². The molecule has 5 heteroatoms. The van der Waals surface area contributed by atoms with Crippen molar-refractivity contribution < 1.29 is 4.79 Å². The zero-order valence-corrected chi connectivity index (χ0v) is 12.8. The van der Waals surface area contributed by atoms with E-state index in [1.807, 2.05) is 12.1 Å². The van der Waals surface area contributed by atoms with E-state index in [0.29, 0.717) is 27.7 Å². The summed E-state index contributed by atoms with van der Waals surface area (Å²) in [6.45, 7) is 0.434. The Kier molecular flexibility index (Phi) is 4.85. The van der Waals surface area contributed by atoms with Crippen LogP contribution in [0.4, 0.5) is 0 Å². The van der Waals surface area contributed by atoms with Crippen molar-refractivity contribution >= 4 is 29.1 Å². The van der Waals surface area contributed by atoms with Crippen molar-refractivity contribution in [2.24, 2.45) is 0 Å². The number of amides is 1. The Hall–Kier alpha value is -2.02. The lowest BCUT2D eigenvalue weighted by Crippen LogP contribution is -2.26. The molecule has 0 saturated heterocycles. The number of rotatable bonds is 3. The third-order valence-electron chi connectivity index (χ3n) is 3.01. The summed E-state index contributed by atoms with van der Waals surface area (Å²) in [5.41, 5.74) is 1.95. The lowest BCUT2D eigenvalue weighted by atomic mass is 10.1. The molecule has 0 atom stereocenters. The van der Waals surface area contributed by atoms with Gasteiger partial charge in [-0.2, -0.15) is 5.26 Å². The van der Waals surface area contributed by atoms with Crippen LogP contribution < -0.4 is 0 Å². The molecule has 0 radical (unpaired) electrons. The van der Waals surface area contributed by atoms with Gasteiger partial charge in [0.1, 0.15) is 0 Å². The number of benzene rings is 2. The van der Waals surface area contributed by atoms with E-state index < -0.39 is 0 Å². The summed E-state index contributed by atoms with van der Waals surface area (Å²) in [6.07, 6.45) is 0. The highest BCUT2D eigenvalue weighted by Gasteiger charge is 2.15. The zero-order chi connectivity index (χ0) is 15.4. The Labute approximate surface area is 133 Å². The highest BCUT2D eigenvalue weighted by Crippen LogP contribution is 2.22. The lowest BCUT2D eigenvalue weighted by molar-refractivity contribution is 0.0785. The molecule has 2 rings (SSSR count). The first kappa shape index (κ1) is 15.4. The first-order valence-electron chi connectivity index (χ1n) is 6.21. The summed E-state index contributed by atoms with van der Waals surface area (Å²) in [4.78, 5) is 13.9. The number of hydrogen-bond donors (Lipinski definition) is 0. The third-order valence-corrected chi connectivity index (χ3v) is 3.56. The number of nitriles is 1. The van der Waals surface area contributed by atoms with Gasteiger partial charge in [0.05, 0.1) is 22.2 Å². The second-order valence-corrected chi connectivity index (χ2v) is 5.44. The number of halogens is 2. The minimum absolute atomic E-state index is 0.180. The fourth-order valence-corrected chi connectivity index (χ4v) is 2.39. The van der Waals surface area contributed by atoms with Crippen molar-refractivity contribution in [2.45, 2.75) is 6.54 Å². The standard InChI is InChI=1S/C16H12Cl2N2O/c1-20(10-12-4-2-11(9-19)3-5-12)16(21)14-7-6-13(17)8-15(14)18/h2-8H,10H2,1H3. The minimum atomic E-state index is -0.180. The number of hydrogen-bond acceptors (Lipinski definition) is 2. The highest BCUT2D eigenvalue weighted by atomic mass is 35.5. The Morgan fingerprint density at radius 2 is 1.86 bits per heavy atom. The second kappa shape index (κ2) is 6.62. The van der Waals surface area contributed by atoms with Gasteiger partial charge in [0.15, 0.2) is 0 Å². The summed E-state index contributed by atoms with van der Waals surface area (Å²) in [5, 5.41) is 9.58. The molecule has 2 aromatic rings. The molecule has 0 aliphatic rings. The summed E-state index contributed by atoms with van der Waals surface area (Å²) >= 11 is 11.9. The van der Waals surface area contributed by atoms with E-state index in [-0.39, 0.29) is 5.91 Å². The van der Waals surface area contributed by atoms with E-state index in [1.165, 1.54) is 0 Å². The lowest BCUT2D eigenvalue weighted by Gasteiger charge is -2.18. The van der Waals surface area contributed by atoms with Gasteiger partial charge in [-0.15, -0.1) is 0 Å². The normalized spacial score (nSPS) is 10.0. The maximum Gasteiger partial charge on any atom is 0.255 e. The molecule has 0 saturated carbocycles. The van der Waals surface area contributed by atoms with E-state index in [4.69, 9.17) is 28.5 Å². The molecule has 21 heavy (non-hydrogen) atoms. The van der Waals surface area contributed by atoms with Crippen LogP contribution in [-0.4, -0.2) is 17.9 Å². The SMILES string of the molecule is CN(Cc1ccc(C#N)cc1)C(=O)c1ccc(Cl)cc1Cl. The molecular weight excluding hydrogens is 307 g/mol. The molecule has 3 nitrogen and oxygen atoms in total. The van der Waals surface area contributed by atoms with Gasteiger partial charge in [0, 0.05) is 18.6 Å². The van der Waals surface area contributed by atoms with Gasteiger partial charge in [0.25, 0.3) is 5.91 Å². The van der Waals surface area contributed by atoms with Gasteiger partial charge in [-0.1, -0.05) is 35.3 Å². The van der Waals surface area contributed by atoms with Crippen molar-refractivity contribution in [3.05, 3.63) is 69.2 Å². The quantitative estimate of drug-likeness (QED) is 0.853. The van der Waals surface area contributed by atoms with E-state index in [9.17, 15) is 4.79 Å². The van der Waals surface area contributed by atoms with Crippen LogP contribution in [0.1, 0.15) is 21.5 Å². The van der Waals surface area contributed by atoms with Crippen molar-refractivity contribution in [1.82, 2.24) is 4.90 Å². The summed E-state index contributed by atoms with van der Waals surface area (Å²) in [7, 11) is 1.70. The van der Waals surface area contributed by atoms with Crippen molar-refractivity contribution in [3.8, 4) is 6.07 Å². The smallest absolute Gasteiger partial charge is 0.255 e. The molecule has 0 spiro atoms. The van der Waals surface area contributed by atoms with Crippen LogP contribution >= 0.6 is 23.2 Å². The molecule has 0 aliphatic carbocycles. The van der Waals surface area contributed by atoms with Gasteiger partial charge < -0.3 is 4.90 Å². The van der Waals surface area contributed by atoms with E-state index in [0.717, 1.165) is 5.56 Å². The number of nitrogens with zero attached hydrogens (tertiary/aromatic N) is 2. The maximum atomic E-state index is 12.4. The molecule has 0 fully saturated rings. The van der Waals surface area contributed by atoms with E-state index in [2.05, 4.69) is 6.07 Å². The number of carbonyl (C=O) groups is 1. The van der Waals surface area contributed by atoms with Crippen molar-refractivity contribution in [1.29, 1.82) is 5.26 Å². The van der Waals surface area contributed by atoms with Crippen LogP contribution in [0, 0.1) is 11.3 Å². The average molecular weight is 319 g/mol. The third kappa shape index (κ3) is 3.75. The minimum Gasteiger partial charge on any atom is -0.337 e. The predicted octanol–water partition coefficient (Wildman–Crippen LogP) is 4.14. The number of carbonyl (C=O) groups excluding carboxylic acids is 1. The predicted molar refractivity (Wildman–Crippen MR) is 83.4 cm³/mol. The van der Waals surface area contributed by atoms with E-state index >= 15 is 0 Å². The van der Waals surface area contributed by atoms with Crippen LogP contribution in [0.3, 0.4) is 0 Å². The fraction of sp³-hybridized carbons (Fsp3) is 0.125. The fourth-order valence-electron chi connectivity index (χ4n) is 1.90. The molecule has 106 valence electrons. The molecule has 2 aromatic carbocycles. The summed E-state index contributed by atoms with van der Waals surface area (Å²) in [5.74, 6) is -0.180. The first-order chi connectivity index (χ1) is 10.0. The molecule has 0 bridgehead atoms. The van der Waals surface area contributed by atoms with Gasteiger partial charge in [-0.05, 0) is 35.9 Å². The second-order valence-electron chi connectivity index (χ2n) is 4.59. The summed E-state index contributed by atoms with van der Waals surface area (Å²) < 4.78 is 0. The van der Waals surface area contributed by atoms with Crippen LogP contribution in [0.25, 0.3) is 0 Å².